The molecule has 1 fully saturated rings. The van der Waals surface area contributed by atoms with Crippen LogP contribution in [0.1, 0.15) is 17.4 Å². The van der Waals surface area contributed by atoms with E-state index in [9.17, 15) is 13.9 Å². The highest BCUT2D eigenvalue weighted by Crippen LogP contribution is 2.23. The summed E-state index contributed by atoms with van der Waals surface area (Å²) in [5, 5.41) is 13.2. The van der Waals surface area contributed by atoms with Gasteiger partial charge in [0.1, 0.15) is 11.6 Å². The molecule has 1 aliphatic rings. The van der Waals surface area contributed by atoms with Gasteiger partial charge >= 0.3 is 0 Å². The molecular weight excluding hydrogens is 320 g/mol. The van der Waals surface area contributed by atoms with Gasteiger partial charge in [0.05, 0.1) is 11.8 Å². The molecule has 7 heteroatoms. The van der Waals surface area contributed by atoms with E-state index in [1.165, 1.54) is 0 Å². The molecule has 0 saturated carbocycles. The molecule has 1 N–H and O–H groups in total. The smallest absolute Gasteiger partial charge is 0.185 e. The second-order valence-corrected chi connectivity index (χ2v) is 6.58. The molecule has 1 aromatic carbocycles. The SMILES string of the molecule is Cc1csc(N2CCN(CC(O)c3cc(F)ccc3F)CC2)n1. The quantitative estimate of drug-likeness (QED) is 0.929. The highest BCUT2D eigenvalue weighted by molar-refractivity contribution is 7.13. The number of aliphatic hydroxyl groups is 1. The highest BCUT2D eigenvalue weighted by Gasteiger charge is 2.23. The molecule has 4 nitrogen and oxygen atoms in total. The van der Waals surface area contributed by atoms with Crippen LogP contribution in [0, 0.1) is 18.6 Å². The van der Waals surface area contributed by atoms with Crippen LogP contribution in [-0.4, -0.2) is 47.7 Å². The lowest BCUT2D eigenvalue weighted by molar-refractivity contribution is 0.106. The lowest BCUT2D eigenvalue weighted by atomic mass is 10.1. The molecule has 1 atom stereocenters. The first-order valence-electron chi connectivity index (χ1n) is 7.55. The maximum Gasteiger partial charge on any atom is 0.185 e. The number of hydrogen-bond donors (Lipinski definition) is 1. The maximum absolute atomic E-state index is 13.7. The number of nitrogens with zero attached hydrogens (tertiary/aromatic N) is 3. The lowest BCUT2D eigenvalue weighted by Gasteiger charge is -2.35. The third-order valence-electron chi connectivity index (χ3n) is 4.00. The molecule has 124 valence electrons. The highest BCUT2D eigenvalue weighted by atomic mass is 32.1. The van der Waals surface area contributed by atoms with Gasteiger partial charge < -0.3 is 10.0 Å². The summed E-state index contributed by atoms with van der Waals surface area (Å²) >= 11 is 1.63. The van der Waals surface area contributed by atoms with Crippen LogP contribution in [0.25, 0.3) is 0 Å². The van der Waals surface area contributed by atoms with Crippen LogP contribution in [0.5, 0.6) is 0 Å². The number of aryl methyl sites for hydroxylation is 1. The van der Waals surface area contributed by atoms with Gasteiger partial charge in [-0.2, -0.15) is 0 Å². The van der Waals surface area contributed by atoms with Gasteiger partial charge in [-0.05, 0) is 25.1 Å². The van der Waals surface area contributed by atoms with Crippen molar-refractivity contribution in [2.75, 3.05) is 37.6 Å². The molecule has 0 amide bonds. The number of aromatic nitrogens is 1. The normalized spacial score (nSPS) is 17.5. The molecule has 2 heterocycles. The summed E-state index contributed by atoms with van der Waals surface area (Å²) in [6.07, 6.45) is -1.03. The fourth-order valence-electron chi connectivity index (χ4n) is 2.72. The Bertz CT molecular complexity index is 671. The van der Waals surface area contributed by atoms with Gasteiger partial charge in [0.15, 0.2) is 5.13 Å². The molecule has 0 radical (unpaired) electrons. The van der Waals surface area contributed by atoms with Crippen LogP contribution in [0.3, 0.4) is 0 Å². The number of rotatable bonds is 4. The molecule has 1 aliphatic heterocycles. The van der Waals surface area contributed by atoms with E-state index in [2.05, 4.69) is 14.8 Å². The fourth-order valence-corrected chi connectivity index (χ4v) is 3.58. The number of β-amino-alcohol motifs (C(OH)–C–C–N with tert-alkyl or cyclic N) is 1. The number of anilines is 1. The number of piperazine rings is 1. The van der Waals surface area contributed by atoms with Gasteiger partial charge in [0, 0.05) is 43.7 Å². The van der Waals surface area contributed by atoms with Gasteiger partial charge in [0.2, 0.25) is 0 Å². The molecule has 1 saturated heterocycles. The first-order valence-corrected chi connectivity index (χ1v) is 8.43. The van der Waals surface area contributed by atoms with E-state index >= 15 is 0 Å². The zero-order chi connectivity index (χ0) is 16.4. The summed E-state index contributed by atoms with van der Waals surface area (Å²) in [5.41, 5.74) is 1.03. The van der Waals surface area contributed by atoms with E-state index in [4.69, 9.17) is 0 Å². The Morgan fingerprint density at radius 1 is 1.26 bits per heavy atom. The minimum absolute atomic E-state index is 0.0166. The van der Waals surface area contributed by atoms with E-state index in [1.54, 1.807) is 11.3 Å². The van der Waals surface area contributed by atoms with Crippen LogP contribution in [0.4, 0.5) is 13.9 Å². The Morgan fingerprint density at radius 3 is 2.65 bits per heavy atom. The summed E-state index contributed by atoms with van der Waals surface area (Å²) in [7, 11) is 0. The third kappa shape index (κ3) is 3.85. The van der Waals surface area contributed by atoms with Crippen molar-refractivity contribution in [3.63, 3.8) is 0 Å². The van der Waals surface area contributed by atoms with E-state index in [0.717, 1.165) is 55.2 Å². The van der Waals surface area contributed by atoms with Crippen LogP contribution in [-0.2, 0) is 0 Å². The van der Waals surface area contributed by atoms with E-state index in [1.807, 2.05) is 12.3 Å². The molecular formula is C16H19F2N3OS. The average Bonchev–Trinajstić information content (AvgIpc) is 2.97. The van der Waals surface area contributed by atoms with Gasteiger partial charge in [-0.3, -0.25) is 4.90 Å². The summed E-state index contributed by atoms with van der Waals surface area (Å²) in [6.45, 7) is 5.40. The van der Waals surface area contributed by atoms with Crippen molar-refractivity contribution in [2.24, 2.45) is 0 Å². The average molecular weight is 339 g/mol. The lowest BCUT2D eigenvalue weighted by Crippen LogP contribution is -2.47. The van der Waals surface area contributed by atoms with Gasteiger partial charge in [-0.15, -0.1) is 11.3 Å². The predicted molar refractivity (Wildman–Crippen MR) is 86.8 cm³/mol. The summed E-state index contributed by atoms with van der Waals surface area (Å²) in [4.78, 5) is 8.75. The van der Waals surface area contributed by atoms with Crippen LogP contribution in [0.2, 0.25) is 0 Å². The van der Waals surface area contributed by atoms with E-state index in [-0.39, 0.29) is 5.56 Å². The molecule has 0 aliphatic carbocycles. The minimum Gasteiger partial charge on any atom is -0.387 e. The molecule has 1 aromatic heterocycles. The van der Waals surface area contributed by atoms with Crippen molar-refractivity contribution < 1.29 is 13.9 Å². The Hall–Kier alpha value is -1.57. The molecule has 2 aromatic rings. The predicted octanol–water partition coefficient (Wildman–Crippen LogP) is 2.59. The minimum atomic E-state index is -1.03. The Balaban J connectivity index is 1.57. The van der Waals surface area contributed by atoms with Crippen molar-refractivity contribution >= 4 is 16.5 Å². The third-order valence-corrected chi connectivity index (χ3v) is 5.02. The Labute approximate surface area is 138 Å². The van der Waals surface area contributed by atoms with Crippen molar-refractivity contribution in [1.29, 1.82) is 0 Å². The van der Waals surface area contributed by atoms with Crippen LogP contribution < -0.4 is 4.90 Å². The second-order valence-electron chi connectivity index (χ2n) is 5.74. The number of aliphatic hydroxyl groups excluding tert-OH is 1. The van der Waals surface area contributed by atoms with Crippen LogP contribution >= 0.6 is 11.3 Å². The first kappa shape index (κ1) is 16.3. The Morgan fingerprint density at radius 2 is 2.00 bits per heavy atom. The monoisotopic (exact) mass is 339 g/mol. The summed E-state index contributed by atoms with van der Waals surface area (Å²) in [5.74, 6) is -1.11. The molecule has 3 rings (SSSR count). The summed E-state index contributed by atoms with van der Waals surface area (Å²) < 4.78 is 26.9. The van der Waals surface area contributed by atoms with Gasteiger partial charge in [-0.1, -0.05) is 0 Å². The second kappa shape index (κ2) is 6.90. The molecule has 0 spiro atoms. The molecule has 0 bridgehead atoms. The number of hydrogen-bond acceptors (Lipinski definition) is 5. The Kier molecular flexibility index (Phi) is 4.89. The molecule has 23 heavy (non-hydrogen) atoms. The number of halogens is 2. The summed E-state index contributed by atoms with van der Waals surface area (Å²) in [6, 6.07) is 3.17. The topological polar surface area (TPSA) is 39.6 Å². The zero-order valence-electron chi connectivity index (χ0n) is 12.9. The number of benzene rings is 1. The van der Waals surface area contributed by atoms with Crippen molar-refractivity contribution in [1.82, 2.24) is 9.88 Å². The van der Waals surface area contributed by atoms with Gasteiger partial charge in [-0.25, -0.2) is 13.8 Å². The standard InChI is InChI=1S/C16H19F2N3OS/c1-11-10-23-16(19-11)21-6-4-20(5-7-21)9-15(22)13-8-12(17)2-3-14(13)18/h2-3,8,10,15,22H,4-7,9H2,1H3. The van der Waals surface area contributed by atoms with Crippen LogP contribution in [0.15, 0.2) is 23.6 Å². The largest absolute Gasteiger partial charge is 0.387 e. The van der Waals surface area contributed by atoms with Gasteiger partial charge in [0.25, 0.3) is 0 Å². The van der Waals surface area contributed by atoms with E-state index < -0.39 is 17.7 Å². The fraction of sp³-hybridized carbons (Fsp3) is 0.438. The maximum atomic E-state index is 13.7. The number of thiazole rings is 1. The van der Waals surface area contributed by atoms with E-state index in [0.29, 0.717) is 6.54 Å². The first-order chi connectivity index (χ1) is 11.0. The van der Waals surface area contributed by atoms with Crippen molar-refractivity contribution in [2.45, 2.75) is 13.0 Å². The van der Waals surface area contributed by atoms with Crippen molar-refractivity contribution in [3.05, 3.63) is 46.5 Å². The zero-order valence-corrected chi connectivity index (χ0v) is 13.7. The van der Waals surface area contributed by atoms with Crippen molar-refractivity contribution in [3.8, 4) is 0 Å². The molecule has 1 unspecified atom stereocenters.